The van der Waals surface area contributed by atoms with Crippen molar-refractivity contribution in [3.8, 4) is 0 Å². The lowest BCUT2D eigenvalue weighted by atomic mass is 9.91. The van der Waals surface area contributed by atoms with Gasteiger partial charge < -0.3 is 0 Å². The molecule has 0 bridgehead atoms. The molecule has 2 fully saturated rings. The Morgan fingerprint density at radius 1 is 0.619 bits per heavy atom. The molecule has 0 nitrogen and oxygen atoms in total. The summed E-state index contributed by atoms with van der Waals surface area (Å²) in [5.74, 6) is 3.43. The average Bonchev–Trinajstić information content (AvgIpc) is 3.12. The van der Waals surface area contributed by atoms with Gasteiger partial charge in [-0.05, 0) is 47.6 Å². The molecule has 0 aromatic rings. The van der Waals surface area contributed by atoms with Gasteiger partial charge in [0.25, 0.3) is 0 Å². The first kappa shape index (κ1) is 13.8. The maximum atomic E-state index is 2.71. The molecule has 0 amide bonds. The van der Waals surface area contributed by atoms with Crippen LogP contribution in [-0.2, 0) is 0 Å². The molecular weight excluding hydrogens is 268 g/mol. The Morgan fingerprint density at radius 3 is 1.52 bits per heavy atom. The van der Waals surface area contributed by atoms with Gasteiger partial charge in [0.15, 0.2) is 0 Å². The molecule has 21 heavy (non-hydrogen) atoms. The Balaban J connectivity index is 1.59. The quantitative estimate of drug-likeness (QED) is 0.570. The smallest absolute Gasteiger partial charge is 0.0548 e. The largest absolute Gasteiger partial charge is 0.0808 e. The van der Waals surface area contributed by atoms with Gasteiger partial charge in [-0.25, -0.2) is 0 Å². The van der Waals surface area contributed by atoms with Gasteiger partial charge in [-0.15, -0.1) is 0 Å². The molecule has 4 aliphatic carbocycles. The summed E-state index contributed by atoms with van der Waals surface area (Å²) < 4.78 is 0. The molecule has 0 radical (unpaired) electrons. The highest BCUT2D eigenvalue weighted by Gasteiger charge is 2.51. The van der Waals surface area contributed by atoms with E-state index in [0.717, 1.165) is 34.8 Å². The fourth-order valence-electron chi connectivity index (χ4n) is 5.92. The van der Waals surface area contributed by atoms with Crippen LogP contribution in [0.2, 0.25) is 24.2 Å². The van der Waals surface area contributed by atoms with Crippen molar-refractivity contribution in [2.45, 2.75) is 49.9 Å². The van der Waals surface area contributed by atoms with Crippen molar-refractivity contribution in [2.24, 2.45) is 23.7 Å². The first-order valence-corrected chi connectivity index (χ1v) is 12.0. The highest BCUT2D eigenvalue weighted by molar-refractivity contribution is 6.80. The fourth-order valence-corrected chi connectivity index (χ4v) is 11.0. The Morgan fingerprint density at radius 2 is 1.05 bits per heavy atom. The predicted molar refractivity (Wildman–Crippen MR) is 94.0 cm³/mol. The minimum Gasteiger partial charge on any atom is -0.0808 e. The third-order valence-corrected chi connectivity index (χ3v) is 12.2. The van der Waals surface area contributed by atoms with Crippen LogP contribution in [0.5, 0.6) is 0 Å². The van der Waals surface area contributed by atoms with Crippen molar-refractivity contribution in [1.82, 2.24) is 0 Å². The molecule has 0 spiro atoms. The monoisotopic (exact) mass is 296 g/mol. The lowest BCUT2D eigenvalue weighted by Crippen LogP contribution is -2.42. The zero-order chi connectivity index (χ0) is 14.4. The molecule has 0 aliphatic heterocycles. The third kappa shape index (κ3) is 2.16. The van der Waals surface area contributed by atoms with Crippen molar-refractivity contribution in [2.75, 3.05) is 0 Å². The molecule has 0 N–H and O–H groups in total. The zero-order valence-corrected chi connectivity index (χ0v) is 14.4. The van der Waals surface area contributed by atoms with E-state index in [1.807, 2.05) is 0 Å². The summed E-state index contributed by atoms with van der Waals surface area (Å²) in [5, 5.41) is 0. The SMILES string of the molecule is C[Si](C)(C1CCC2C=CC=CC21)[C@H]1CCC2C=CC=CC21. The van der Waals surface area contributed by atoms with E-state index in [1.165, 1.54) is 25.7 Å². The van der Waals surface area contributed by atoms with Gasteiger partial charge in [0, 0.05) is 0 Å². The highest BCUT2D eigenvalue weighted by Crippen LogP contribution is 2.58. The molecule has 5 unspecified atom stereocenters. The first-order valence-electron chi connectivity index (χ1n) is 8.88. The summed E-state index contributed by atoms with van der Waals surface area (Å²) in [4.78, 5) is 0. The second-order valence-corrected chi connectivity index (χ2v) is 13.3. The third-order valence-electron chi connectivity index (χ3n) is 7.06. The van der Waals surface area contributed by atoms with Gasteiger partial charge >= 0.3 is 0 Å². The lowest BCUT2D eigenvalue weighted by Gasteiger charge is -2.42. The second-order valence-electron chi connectivity index (χ2n) is 8.21. The van der Waals surface area contributed by atoms with Crippen molar-refractivity contribution < 1.29 is 0 Å². The maximum absolute atomic E-state index is 2.71. The van der Waals surface area contributed by atoms with Crippen LogP contribution in [0.25, 0.3) is 0 Å². The molecule has 4 aliphatic rings. The average molecular weight is 297 g/mol. The van der Waals surface area contributed by atoms with E-state index in [4.69, 9.17) is 0 Å². The minimum atomic E-state index is -1.22. The molecular formula is C20H28Si. The topological polar surface area (TPSA) is 0 Å². The van der Waals surface area contributed by atoms with Crippen LogP contribution in [0.4, 0.5) is 0 Å². The van der Waals surface area contributed by atoms with Crippen molar-refractivity contribution in [3.05, 3.63) is 48.6 Å². The lowest BCUT2D eigenvalue weighted by molar-refractivity contribution is 0.517. The Kier molecular flexibility index (Phi) is 3.37. The standard InChI is InChI=1S/C20H28Si/c1-21(2,19-13-11-15-7-3-5-9-17(15)19)20-14-12-16-8-4-6-10-18(16)20/h3-10,15-20H,11-14H2,1-2H3/t15?,16?,17?,18?,19-,20?/m0/s1. The van der Waals surface area contributed by atoms with E-state index in [0.29, 0.717) is 0 Å². The zero-order valence-electron chi connectivity index (χ0n) is 13.4. The molecule has 6 atom stereocenters. The van der Waals surface area contributed by atoms with E-state index in [-0.39, 0.29) is 0 Å². The molecule has 0 aromatic carbocycles. The molecule has 4 rings (SSSR count). The van der Waals surface area contributed by atoms with Gasteiger partial charge in [-0.2, -0.15) is 0 Å². The Labute approximate surface area is 130 Å². The van der Waals surface area contributed by atoms with Crippen LogP contribution < -0.4 is 0 Å². The molecule has 0 saturated heterocycles. The number of fused-ring (bicyclic) bond motifs is 2. The molecule has 1 heteroatoms. The molecule has 0 aromatic heterocycles. The van der Waals surface area contributed by atoms with Gasteiger partial charge in [-0.3, -0.25) is 0 Å². The molecule has 112 valence electrons. The molecule has 0 heterocycles. The van der Waals surface area contributed by atoms with Gasteiger partial charge in [-0.1, -0.05) is 74.5 Å². The van der Waals surface area contributed by atoms with E-state index < -0.39 is 8.07 Å². The van der Waals surface area contributed by atoms with Crippen molar-refractivity contribution in [1.29, 1.82) is 0 Å². The number of hydrogen-bond donors (Lipinski definition) is 0. The summed E-state index contributed by atoms with van der Waals surface area (Å²) in [6.45, 7) is 5.43. The van der Waals surface area contributed by atoms with E-state index in [1.54, 1.807) is 0 Å². The number of hydrogen-bond acceptors (Lipinski definition) is 0. The van der Waals surface area contributed by atoms with Crippen molar-refractivity contribution >= 4 is 8.07 Å². The van der Waals surface area contributed by atoms with Crippen LogP contribution in [0, 0.1) is 23.7 Å². The normalized spacial score (nSPS) is 44.1. The Bertz CT molecular complexity index is 476. The Hall–Kier alpha value is -0.823. The maximum Gasteiger partial charge on any atom is 0.0548 e. The van der Waals surface area contributed by atoms with E-state index in [9.17, 15) is 0 Å². The van der Waals surface area contributed by atoms with Gasteiger partial charge in [0.05, 0.1) is 8.07 Å². The fraction of sp³-hybridized carbons (Fsp3) is 0.600. The van der Waals surface area contributed by atoms with Gasteiger partial charge in [0.2, 0.25) is 0 Å². The van der Waals surface area contributed by atoms with Crippen LogP contribution in [0.1, 0.15) is 25.7 Å². The van der Waals surface area contributed by atoms with E-state index >= 15 is 0 Å². The van der Waals surface area contributed by atoms with Crippen LogP contribution in [0.15, 0.2) is 48.6 Å². The van der Waals surface area contributed by atoms with E-state index in [2.05, 4.69) is 61.7 Å². The summed E-state index contributed by atoms with van der Waals surface area (Å²) in [6, 6.07) is 0. The summed E-state index contributed by atoms with van der Waals surface area (Å²) in [6.07, 6.45) is 25.1. The number of rotatable bonds is 2. The summed E-state index contributed by atoms with van der Waals surface area (Å²) in [7, 11) is -1.22. The summed E-state index contributed by atoms with van der Waals surface area (Å²) >= 11 is 0. The highest BCUT2D eigenvalue weighted by atomic mass is 28.3. The van der Waals surface area contributed by atoms with Gasteiger partial charge in [0.1, 0.15) is 0 Å². The van der Waals surface area contributed by atoms with Crippen LogP contribution >= 0.6 is 0 Å². The van der Waals surface area contributed by atoms with Crippen LogP contribution in [-0.4, -0.2) is 8.07 Å². The summed E-state index contributed by atoms with van der Waals surface area (Å²) in [5.41, 5.74) is 2.01. The van der Waals surface area contributed by atoms with Crippen molar-refractivity contribution in [3.63, 3.8) is 0 Å². The predicted octanol–water partition coefficient (Wildman–Crippen LogP) is 5.74. The van der Waals surface area contributed by atoms with Crippen LogP contribution in [0.3, 0.4) is 0 Å². The molecule has 2 saturated carbocycles. The second kappa shape index (κ2) is 5.12. The first-order chi connectivity index (χ1) is 10.2. The minimum absolute atomic E-state index is 0.853. The number of allylic oxidation sites excluding steroid dienone is 8.